The zero-order chi connectivity index (χ0) is 20.8. The van der Waals surface area contributed by atoms with E-state index in [2.05, 4.69) is 18.7 Å². The summed E-state index contributed by atoms with van der Waals surface area (Å²) in [6, 6.07) is 13.7. The average molecular weight is 412 g/mol. The highest BCUT2D eigenvalue weighted by Crippen LogP contribution is 2.34. The van der Waals surface area contributed by atoms with Crippen LogP contribution in [0.25, 0.3) is 10.2 Å². The van der Waals surface area contributed by atoms with Gasteiger partial charge in [0.05, 0.1) is 11.3 Å². The lowest BCUT2D eigenvalue weighted by molar-refractivity contribution is 0.0983. The van der Waals surface area contributed by atoms with E-state index in [9.17, 15) is 4.79 Å². The van der Waals surface area contributed by atoms with E-state index >= 15 is 0 Å². The minimum absolute atomic E-state index is 0.0193. The van der Waals surface area contributed by atoms with E-state index in [-0.39, 0.29) is 5.91 Å². The van der Waals surface area contributed by atoms with Crippen molar-refractivity contribution in [1.29, 1.82) is 0 Å². The van der Waals surface area contributed by atoms with E-state index in [1.54, 1.807) is 0 Å². The number of rotatable bonds is 9. The Balaban J connectivity index is 1.97. The number of carbonyl (C=O) groups is 1. The van der Waals surface area contributed by atoms with E-state index < -0.39 is 0 Å². The molecule has 0 aliphatic rings. The summed E-state index contributed by atoms with van der Waals surface area (Å²) in [7, 11) is 0. The molecule has 0 aliphatic carbocycles. The number of para-hydroxylation sites is 1. The van der Waals surface area contributed by atoms with Gasteiger partial charge in [-0.25, -0.2) is 4.98 Å². The van der Waals surface area contributed by atoms with Gasteiger partial charge in [0.2, 0.25) is 0 Å². The number of amides is 1. The Morgan fingerprint density at radius 1 is 1.03 bits per heavy atom. The molecule has 3 aromatic rings. The molecule has 29 heavy (non-hydrogen) atoms. The highest BCUT2D eigenvalue weighted by atomic mass is 32.1. The van der Waals surface area contributed by atoms with Crippen molar-refractivity contribution < 1.29 is 9.53 Å². The van der Waals surface area contributed by atoms with Crippen LogP contribution in [0.2, 0.25) is 0 Å². The van der Waals surface area contributed by atoms with Gasteiger partial charge in [-0.05, 0) is 51.2 Å². The number of nitrogens with zero attached hydrogens (tertiary/aromatic N) is 3. The summed E-state index contributed by atoms with van der Waals surface area (Å²) in [6.45, 7) is 12.2. The molecule has 154 valence electrons. The number of hydrogen-bond donors (Lipinski definition) is 0. The van der Waals surface area contributed by atoms with Crippen molar-refractivity contribution in [2.24, 2.45) is 0 Å². The molecule has 6 heteroatoms. The normalized spacial score (nSPS) is 11.2. The van der Waals surface area contributed by atoms with Crippen molar-refractivity contribution in [3.8, 4) is 5.75 Å². The SMILES string of the molecule is CCOc1cccc2sc(N(CCN(CC)CC)C(=O)c3ccc(C)cc3)nc12. The molecule has 3 rings (SSSR count). The van der Waals surface area contributed by atoms with E-state index in [0.717, 1.165) is 41.2 Å². The van der Waals surface area contributed by atoms with Crippen molar-refractivity contribution >= 4 is 32.6 Å². The molecule has 0 bridgehead atoms. The number of carbonyl (C=O) groups excluding carboxylic acids is 1. The molecule has 1 heterocycles. The van der Waals surface area contributed by atoms with Gasteiger partial charge in [0.1, 0.15) is 11.3 Å². The van der Waals surface area contributed by atoms with Gasteiger partial charge < -0.3 is 9.64 Å². The van der Waals surface area contributed by atoms with Gasteiger partial charge in [-0.15, -0.1) is 0 Å². The third-order valence-corrected chi connectivity index (χ3v) is 6.02. The first kappa shape index (κ1) is 21.3. The number of fused-ring (bicyclic) bond motifs is 1. The summed E-state index contributed by atoms with van der Waals surface area (Å²) >= 11 is 1.53. The standard InChI is InChI=1S/C23H29N3O2S/c1-5-25(6-2)15-16-26(22(27)18-13-11-17(4)12-14-18)23-24-21-19(28-7-3)9-8-10-20(21)29-23/h8-14H,5-7,15-16H2,1-4H3. The van der Waals surface area contributed by atoms with Crippen molar-refractivity contribution in [2.75, 3.05) is 37.7 Å². The highest BCUT2D eigenvalue weighted by Gasteiger charge is 2.22. The number of hydrogen-bond acceptors (Lipinski definition) is 5. The first-order chi connectivity index (χ1) is 14.1. The summed E-state index contributed by atoms with van der Waals surface area (Å²) in [4.78, 5) is 22.3. The van der Waals surface area contributed by atoms with Crippen LogP contribution in [0.4, 0.5) is 5.13 Å². The van der Waals surface area contributed by atoms with Gasteiger partial charge in [0.25, 0.3) is 5.91 Å². The number of benzene rings is 2. The molecule has 2 aromatic carbocycles. The molecule has 1 aromatic heterocycles. The third-order valence-electron chi connectivity index (χ3n) is 4.98. The van der Waals surface area contributed by atoms with Crippen LogP contribution >= 0.6 is 11.3 Å². The summed E-state index contributed by atoms with van der Waals surface area (Å²) < 4.78 is 6.76. The van der Waals surface area contributed by atoms with Crippen LogP contribution < -0.4 is 9.64 Å². The maximum atomic E-state index is 13.4. The van der Waals surface area contributed by atoms with Gasteiger partial charge in [-0.1, -0.05) is 48.9 Å². The molecule has 0 fully saturated rings. The molecule has 0 atom stereocenters. The number of likely N-dealkylation sites (N-methyl/N-ethyl adjacent to an activating group) is 1. The lowest BCUT2D eigenvalue weighted by Crippen LogP contribution is -2.38. The van der Waals surface area contributed by atoms with Crippen LogP contribution in [0.3, 0.4) is 0 Å². The highest BCUT2D eigenvalue weighted by molar-refractivity contribution is 7.22. The smallest absolute Gasteiger partial charge is 0.260 e. The summed E-state index contributed by atoms with van der Waals surface area (Å²) in [5, 5.41) is 0.713. The molecule has 0 saturated carbocycles. The van der Waals surface area contributed by atoms with Gasteiger partial charge >= 0.3 is 0 Å². The fourth-order valence-electron chi connectivity index (χ4n) is 3.22. The number of ether oxygens (including phenoxy) is 1. The molecular formula is C23H29N3O2S. The van der Waals surface area contributed by atoms with E-state index in [1.165, 1.54) is 11.3 Å². The Morgan fingerprint density at radius 2 is 1.76 bits per heavy atom. The molecule has 0 spiro atoms. The second kappa shape index (κ2) is 9.85. The predicted octanol–water partition coefficient (Wildman–Crippen LogP) is 4.99. The zero-order valence-electron chi connectivity index (χ0n) is 17.6. The van der Waals surface area contributed by atoms with Crippen LogP contribution in [-0.4, -0.2) is 48.6 Å². The molecule has 1 amide bonds. The maximum Gasteiger partial charge on any atom is 0.260 e. The predicted molar refractivity (Wildman–Crippen MR) is 121 cm³/mol. The fourth-order valence-corrected chi connectivity index (χ4v) is 4.22. The second-order valence-corrected chi connectivity index (χ2v) is 7.89. The average Bonchev–Trinajstić information content (AvgIpc) is 3.16. The quantitative estimate of drug-likeness (QED) is 0.497. The molecule has 0 N–H and O–H groups in total. The number of aromatic nitrogens is 1. The monoisotopic (exact) mass is 411 g/mol. The second-order valence-electron chi connectivity index (χ2n) is 6.88. The van der Waals surface area contributed by atoms with E-state index in [0.29, 0.717) is 23.8 Å². The Kier molecular flexibility index (Phi) is 7.23. The van der Waals surface area contributed by atoms with Crippen molar-refractivity contribution in [3.63, 3.8) is 0 Å². The van der Waals surface area contributed by atoms with Crippen LogP contribution in [0, 0.1) is 6.92 Å². The van der Waals surface area contributed by atoms with Gasteiger partial charge in [0.15, 0.2) is 5.13 Å². The zero-order valence-corrected chi connectivity index (χ0v) is 18.5. The lowest BCUT2D eigenvalue weighted by Gasteiger charge is -2.24. The molecule has 0 unspecified atom stereocenters. The van der Waals surface area contributed by atoms with Crippen LogP contribution in [0.15, 0.2) is 42.5 Å². The van der Waals surface area contributed by atoms with Gasteiger partial charge in [-0.2, -0.15) is 0 Å². The van der Waals surface area contributed by atoms with Crippen LogP contribution in [-0.2, 0) is 0 Å². The summed E-state index contributed by atoms with van der Waals surface area (Å²) in [5.74, 6) is 0.744. The van der Waals surface area contributed by atoms with Gasteiger partial charge in [-0.3, -0.25) is 9.69 Å². The Morgan fingerprint density at radius 3 is 2.41 bits per heavy atom. The first-order valence-corrected chi connectivity index (χ1v) is 11.0. The van der Waals surface area contributed by atoms with Gasteiger partial charge in [0, 0.05) is 18.7 Å². The van der Waals surface area contributed by atoms with Crippen LogP contribution in [0.1, 0.15) is 36.7 Å². The topological polar surface area (TPSA) is 45.7 Å². The Labute approximate surface area is 176 Å². The maximum absolute atomic E-state index is 13.4. The minimum atomic E-state index is -0.0193. The van der Waals surface area contributed by atoms with Crippen molar-refractivity contribution in [1.82, 2.24) is 9.88 Å². The number of aryl methyl sites for hydroxylation is 1. The third kappa shape index (κ3) is 4.95. The molecule has 0 aliphatic heterocycles. The van der Waals surface area contributed by atoms with E-state index in [4.69, 9.17) is 9.72 Å². The molecule has 5 nitrogen and oxygen atoms in total. The number of anilines is 1. The molecule has 0 saturated heterocycles. The minimum Gasteiger partial charge on any atom is -0.492 e. The first-order valence-electron chi connectivity index (χ1n) is 10.2. The largest absolute Gasteiger partial charge is 0.492 e. The Hall–Kier alpha value is -2.44. The lowest BCUT2D eigenvalue weighted by atomic mass is 10.1. The van der Waals surface area contributed by atoms with Crippen molar-refractivity contribution in [2.45, 2.75) is 27.7 Å². The molecular weight excluding hydrogens is 382 g/mol. The molecule has 0 radical (unpaired) electrons. The summed E-state index contributed by atoms with van der Waals surface area (Å²) in [6.07, 6.45) is 0. The van der Waals surface area contributed by atoms with Crippen LogP contribution in [0.5, 0.6) is 5.75 Å². The summed E-state index contributed by atoms with van der Waals surface area (Å²) in [5.41, 5.74) is 2.64. The van der Waals surface area contributed by atoms with Crippen molar-refractivity contribution in [3.05, 3.63) is 53.6 Å². The number of thiazole rings is 1. The Bertz CT molecular complexity index is 948. The fraction of sp³-hybridized carbons (Fsp3) is 0.391. The van der Waals surface area contributed by atoms with E-state index in [1.807, 2.05) is 61.2 Å².